The van der Waals surface area contributed by atoms with E-state index in [0.717, 1.165) is 18.4 Å². The summed E-state index contributed by atoms with van der Waals surface area (Å²) < 4.78 is 47.8. The van der Waals surface area contributed by atoms with Gasteiger partial charge in [-0.1, -0.05) is 30.3 Å². The number of carbonyl (C=O) groups is 1. The minimum atomic E-state index is -2.98. The lowest BCUT2D eigenvalue weighted by Crippen LogP contribution is -2.49. The SMILES string of the molecule is NCc1oc(-c2ccc(OC(F)F)c(OCC3CC3)c2)nc1C(=O)N1CCN(COCc2ccccc2)CC1. The maximum Gasteiger partial charge on any atom is 0.387 e. The van der Waals surface area contributed by atoms with E-state index in [2.05, 4.69) is 14.6 Å². The van der Waals surface area contributed by atoms with Gasteiger partial charge in [0.05, 0.1) is 26.5 Å². The number of benzene rings is 2. The molecule has 0 radical (unpaired) electrons. The van der Waals surface area contributed by atoms with E-state index < -0.39 is 6.61 Å². The zero-order valence-corrected chi connectivity index (χ0v) is 21.6. The van der Waals surface area contributed by atoms with Gasteiger partial charge in [0, 0.05) is 31.7 Å². The number of oxazole rings is 1. The van der Waals surface area contributed by atoms with Gasteiger partial charge in [0.2, 0.25) is 5.89 Å². The molecule has 1 aliphatic heterocycles. The van der Waals surface area contributed by atoms with E-state index in [9.17, 15) is 13.6 Å². The van der Waals surface area contributed by atoms with Crippen LogP contribution in [0.3, 0.4) is 0 Å². The third kappa shape index (κ3) is 7.11. The predicted molar refractivity (Wildman–Crippen MR) is 138 cm³/mol. The second kappa shape index (κ2) is 12.5. The highest BCUT2D eigenvalue weighted by molar-refractivity contribution is 5.94. The molecule has 1 saturated carbocycles. The van der Waals surface area contributed by atoms with E-state index in [1.807, 2.05) is 30.3 Å². The minimum Gasteiger partial charge on any atom is -0.489 e. The van der Waals surface area contributed by atoms with Gasteiger partial charge in [-0.2, -0.15) is 8.78 Å². The van der Waals surface area contributed by atoms with Crippen molar-refractivity contribution >= 4 is 5.91 Å². The highest BCUT2D eigenvalue weighted by Gasteiger charge is 2.28. The Morgan fingerprint density at radius 3 is 2.54 bits per heavy atom. The molecule has 9 nitrogen and oxygen atoms in total. The molecule has 1 saturated heterocycles. The van der Waals surface area contributed by atoms with Crippen LogP contribution in [0.4, 0.5) is 8.78 Å². The van der Waals surface area contributed by atoms with Crippen LogP contribution in [0.15, 0.2) is 52.9 Å². The van der Waals surface area contributed by atoms with Gasteiger partial charge in [-0.25, -0.2) is 4.98 Å². The Kier molecular flexibility index (Phi) is 8.70. The first kappa shape index (κ1) is 27.0. The zero-order chi connectivity index (χ0) is 27.2. The Bertz CT molecular complexity index is 1240. The van der Waals surface area contributed by atoms with Crippen molar-refractivity contribution in [3.63, 3.8) is 0 Å². The number of carbonyl (C=O) groups excluding carboxylic acids is 1. The van der Waals surface area contributed by atoms with Crippen molar-refractivity contribution in [1.29, 1.82) is 0 Å². The molecule has 1 amide bonds. The van der Waals surface area contributed by atoms with Crippen LogP contribution in [-0.2, 0) is 17.9 Å². The van der Waals surface area contributed by atoms with Crippen LogP contribution in [0.1, 0.15) is 34.7 Å². The van der Waals surface area contributed by atoms with Gasteiger partial charge < -0.3 is 29.3 Å². The number of nitrogens with two attached hydrogens (primary N) is 1. The fraction of sp³-hybridized carbons (Fsp3) is 0.429. The largest absolute Gasteiger partial charge is 0.489 e. The van der Waals surface area contributed by atoms with Gasteiger partial charge >= 0.3 is 6.61 Å². The number of hydrogen-bond acceptors (Lipinski definition) is 8. The number of halogens is 2. The summed E-state index contributed by atoms with van der Waals surface area (Å²) in [6.07, 6.45) is 2.09. The lowest BCUT2D eigenvalue weighted by molar-refractivity contribution is -0.0515. The maximum absolute atomic E-state index is 13.3. The van der Waals surface area contributed by atoms with Crippen molar-refractivity contribution in [1.82, 2.24) is 14.8 Å². The van der Waals surface area contributed by atoms with Crippen LogP contribution in [0, 0.1) is 5.92 Å². The normalized spacial score (nSPS) is 16.1. The summed E-state index contributed by atoms with van der Waals surface area (Å²) in [5, 5.41) is 0. The van der Waals surface area contributed by atoms with Gasteiger partial charge in [-0.15, -0.1) is 0 Å². The molecule has 3 aromatic rings. The van der Waals surface area contributed by atoms with Crippen molar-refractivity contribution in [2.75, 3.05) is 39.5 Å². The van der Waals surface area contributed by atoms with Crippen LogP contribution in [0.5, 0.6) is 11.5 Å². The topological polar surface area (TPSA) is 103 Å². The fourth-order valence-electron chi connectivity index (χ4n) is 4.32. The number of ether oxygens (including phenoxy) is 3. The predicted octanol–water partition coefficient (Wildman–Crippen LogP) is 4.12. The molecule has 2 N–H and O–H groups in total. The van der Waals surface area contributed by atoms with E-state index in [1.54, 1.807) is 4.90 Å². The van der Waals surface area contributed by atoms with Gasteiger partial charge in [0.15, 0.2) is 23.0 Å². The smallest absolute Gasteiger partial charge is 0.387 e. The van der Waals surface area contributed by atoms with Crippen LogP contribution >= 0.6 is 0 Å². The number of nitrogens with zero attached hydrogens (tertiary/aromatic N) is 3. The first-order valence-electron chi connectivity index (χ1n) is 13.0. The molecule has 0 unspecified atom stereocenters. The van der Waals surface area contributed by atoms with Crippen molar-refractivity contribution < 1.29 is 32.2 Å². The maximum atomic E-state index is 13.3. The number of hydrogen-bond donors (Lipinski definition) is 1. The van der Waals surface area contributed by atoms with Crippen LogP contribution < -0.4 is 15.2 Å². The number of rotatable bonds is 12. The highest BCUT2D eigenvalue weighted by Crippen LogP contribution is 2.36. The van der Waals surface area contributed by atoms with Crippen molar-refractivity contribution in [3.05, 3.63) is 65.5 Å². The molecule has 5 rings (SSSR count). The van der Waals surface area contributed by atoms with Gasteiger partial charge in [-0.3, -0.25) is 9.69 Å². The van der Waals surface area contributed by atoms with E-state index in [1.165, 1.54) is 18.2 Å². The van der Waals surface area contributed by atoms with Crippen LogP contribution in [0.25, 0.3) is 11.5 Å². The first-order chi connectivity index (χ1) is 19.0. The van der Waals surface area contributed by atoms with Gasteiger partial charge in [-0.05, 0) is 42.5 Å². The number of amides is 1. The van der Waals surface area contributed by atoms with Crippen molar-refractivity contribution in [3.8, 4) is 23.0 Å². The summed E-state index contributed by atoms with van der Waals surface area (Å²) in [4.78, 5) is 21.6. The quantitative estimate of drug-likeness (QED) is 0.365. The molecule has 2 aromatic carbocycles. The van der Waals surface area contributed by atoms with Crippen molar-refractivity contribution in [2.45, 2.75) is 32.6 Å². The molecular weight excluding hydrogens is 510 g/mol. The molecule has 1 aliphatic carbocycles. The molecule has 208 valence electrons. The minimum absolute atomic E-state index is 0.0149. The molecular formula is C28H32F2N4O5. The van der Waals surface area contributed by atoms with E-state index >= 15 is 0 Å². The second-order valence-electron chi connectivity index (χ2n) is 9.66. The van der Waals surface area contributed by atoms with Gasteiger partial charge in [0.25, 0.3) is 5.91 Å². The lowest BCUT2D eigenvalue weighted by atomic mass is 10.2. The number of alkyl halides is 2. The summed E-state index contributed by atoms with van der Waals surface area (Å²) in [5.74, 6) is 0.674. The third-order valence-electron chi connectivity index (χ3n) is 6.71. The zero-order valence-electron chi connectivity index (χ0n) is 21.6. The monoisotopic (exact) mass is 542 g/mol. The summed E-state index contributed by atoms with van der Waals surface area (Å²) in [5.41, 5.74) is 7.60. The Hall–Kier alpha value is -3.54. The second-order valence-corrected chi connectivity index (χ2v) is 9.66. The fourth-order valence-corrected chi connectivity index (χ4v) is 4.32. The number of aromatic nitrogens is 1. The molecule has 2 heterocycles. The lowest BCUT2D eigenvalue weighted by Gasteiger charge is -2.34. The van der Waals surface area contributed by atoms with Crippen LogP contribution in [0.2, 0.25) is 0 Å². The Morgan fingerprint density at radius 1 is 1.08 bits per heavy atom. The third-order valence-corrected chi connectivity index (χ3v) is 6.71. The molecule has 39 heavy (non-hydrogen) atoms. The number of piperazine rings is 1. The molecule has 2 fully saturated rings. The highest BCUT2D eigenvalue weighted by atomic mass is 19.3. The Labute approximate surface area is 225 Å². The van der Waals surface area contributed by atoms with Gasteiger partial charge in [0.1, 0.15) is 0 Å². The molecule has 0 bridgehead atoms. The van der Waals surface area contributed by atoms with E-state index in [-0.39, 0.29) is 41.3 Å². The summed E-state index contributed by atoms with van der Waals surface area (Å²) in [6, 6.07) is 14.4. The average Bonchev–Trinajstić information content (AvgIpc) is 3.68. The standard InChI is InChI=1S/C28H32F2N4O5/c29-28(30)39-22-9-8-21(14-23(22)37-17-20-6-7-20)26-32-25(24(15-31)38-26)27(35)34-12-10-33(11-13-34)18-36-16-19-4-2-1-3-5-19/h1-5,8-9,14,20,28H,6-7,10-13,15-18,31H2. The van der Waals surface area contributed by atoms with E-state index in [4.69, 9.17) is 19.6 Å². The molecule has 11 heteroatoms. The molecule has 1 aromatic heterocycles. The Morgan fingerprint density at radius 2 is 1.85 bits per heavy atom. The first-order valence-corrected chi connectivity index (χ1v) is 13.0. The molecule has 0 atom stereocenters. The van der Waals surface area contributed by atoms with E-state index in [0.29, 0.717) is 57.6 Å². The van der Waals surface area contributed by atoms with Crippen LogP contribution in [-0.4, -0.2) is 66.8 Å². The molecule has 0 spiro atoms. The van der Waals surface area contributed by atoms with Crippen molar-refractivity contribution in [2.24, 2.45) is 11.7 Å². The average molecular weight is 543 g/mol. The molecule has 2 aliphatic rings. The summed E-state index contributed by atoms with van der Waals surface area (Å²) >= 11 is 0. The Balaban J connectivity index is 1.22. The summed E-state index contributed by atoms with van der Waals surface area (Å²) in [7, 11) is 0. The summed E-state index contributed by atoms with van der Waals surface area (Å²) in [6.45, 7) is 0.781.